The van der Waals surface area contributed by atoms with E-state index in [1.165, 1.54) is 12.1 Å². The fourth-order valence-corrected chi connectivity index (χ4v) is 1.84. The standard InChI is InChI=1S/C13H18BrNO2/c1-10(2)15(9-3-8-14)13(17)11-4-6-12(16)7-5-11/h4-7,10,16H,3,8-9H2,1-2H3. The summed E-state index contributed by atoms with van der Waals surface area (Å²) in [6, 6.07) is 6.56. The molecule has 0 saturated carbocycles. The number of alkyl halides is 1. The van der Waals surface area contributed by atoms with Gasteiger partial charge in [-0.05, 0) is 44.5 Å². The van der Waals surface area contributed by atoms with Crippen LogP contribution in [0.5, 0.6) is 5.75 Å². The number of halogens is 1. The van der Waals surface area contributed by atoms with Gasteiger partial charge in [0.05, 0.1) is 0 Å². The van der Waals surface area contributed by atoms with Gasteiger partial charge in [0.1, 0.15) is 5.75 Å². The molecule has 1 rings (SSSR count). The Kier molecular flexibility index (Phi) is 5.48. The van der Waals surface area contributed by atoms with Gasteiger partial charge in [-0.25, -0.2) is 0 Å². The van der Waals surface area contributed by atoms with Gasteiger partial charge in [0.15, 0.2) is 0 Å². The molecule has 17 heavy (non-hydrogen) atoms. The molecule has 0 fully saturated rings. The first-order valence-electron chi connectivity index (χ1n) is 5.72. The number of nitrogens with zero attached hydrogens (tertiary/aromatic N) is 1. The van der Waals surface area contributed by atoms with E-state index in [4.69, 9.17) is 0 Å². The van der Waals surface area contributed by atoms with Crippen LogP contribution < -0.4 is 0 Å². The highest BCUT2D eigenvalue weighted by Crippen LogP contribution is 2.13. The molecule has 1 amide bonds. The third-order valence-electron chi connectivity index (χ3n) is 2.53. The number of amides is 1. The van der Waals surface area contributed by atoms with Gasteiger partial charge in [-0.2, -0.15) is 0 Å². The van der Waals surface area contributed by atoms with Crippen molar-refractivity contribution in [3.63, 3.8) is 0 Å². The van der Waals surface area contributed by atoms with Crippen molar-refractivity contribution in [2.75, 3.05) is 11.9 Å². The van der Waals surface area contributed by atoms with Crippen molar-refractivity contribution in [1.29, 1.82) is 0 Å². The monoisotopic (exact) mass is 299 g/mol. The molecule has 4 heteroatoms. The van der Waals surface area contributed by atoms with Crippen LogP contribution in [0.1, 0.15) is 30.6 Å². The third-order valence-corrected chi connectivity index (χ3v) is 3.09. The zero-order chi connectivity index (χ0) is 12.8. The molecule has 1 aromatic carbocycles. The summed E-state index contributed by atoms with van der Waals surface area (Å²) in [5.74, 6) is 0.194. The minimum absolute atomic E-state index is 0.0148. The normalized spacial score (nSPS) is 10.6. The molecule has 0 heterocycles. The van der Waals surface area contributed by atoms with E-state index in [2.05, 4.69) is 15.9 Å². The van der Waals surface area contributed by atoms with Gasteiger partial charge in [0.2, 0.25) is 0 Å². The van der Waals surface area contributed by atoms with Gasteiger partial charge < -0.3 is 10.0 Å². The molecular weight excluding hydrogens is 282 g/mol. The number of rotatable bonds is 5. The maximum absolute atomic E-state index is 12.2. The van der Waals surface area contributed by atoms with E-state index in [9.17, 15) is 9.90 Å². The van der Waals surface area contributed by atoms with E-state index in [0.29, 0.717) is 5.56 Å². The number of carbonyl (C=O) groups is 1. The molecule has 0 spiro atoms. The predicted octanol–water partition coefficient (Wildman–Crippen LogP) is 3.03. The van der Waals surface area contributed by atoms with E-state index < -0.39 is 0 Å². The van der Waals surface area contributed by atoms with Crippen molar-refractivity contribution < 1.29 is 9.90 Å². The molecule has 0 aliphatic heterocycles. The van der Waals surface area contributed by atoms with Crippen molar-refractivity contribution in [2.24, 2.45) is 0 Å². The number of aromatic hydroxyl groups is 1. The predicted molar refractivity (Wildman–Crippen MR) is 72.7 cm³/mol. The number of hydrogen-bond donors (Lipinski definition) is 1. The number of carbonyl (C=O) groups excluding carboxylic acids is 1. The van der Waals surface area contributed by atoms with Gasteiger partial charge >= 0.3 is 0 Å². The zero-order valence-electron chi connectivity index (χ0n) is 10.2. The first-order valence-corrected chi connectivity index (χ1v) is 6.84. The van der Waals surface area contributed by atoms with Crippen LogP contribution in [-0.4, -0.2) is 33.8 Å². The van der Waals surface area contributed by atoms with Crippen molar-refractivity contribution in [2.45, 2.75) is 26.3 Å². The Bertz CT molecular complexity index is 362. The third kappa shape index (κ3) is 4.04. The Morgan fingerprint density at radius 3 is 2.41 bits per heavy atom. The fraction of sp³-hybridized carbons (Fsp3) is 0.462. The van der Waals surface area contributed by atoms with Crippen LogP contribution in [0, 0.1) is 0 Å². The molecule has 3 nitrogen and oxygen atoms in total. The molecule has 0 unspecified atom stereocenters. The highest BCUT2D eigenvalue weighted by atomic mass is 79.9. The van der Waals surface area contributed by atoms with Gasteiger partial charge in [-0.1, -0.05) is 15.9 Å². The van der Waals surface area contributed by atoms with E-state index in [0.717, 1.165) is 18.3 Å². The van der Waals surface area contributed by atoms with Gasteiger partial charge in [0, 0.05) is 23.5 Å². The summed E-state index contributed by atoms with van der Waals surface area (Å²) in [4.78, 5) is 14.1. The lowest BCUT2D eigenvalue weighted by atomic mass is 10.1. The SMILES string of the molecule is CC(C)N(CCCBr)C(=O)c1ccc(O)cc1. The summed E-state index contributed by atoms with van der Waals surface area (Å²) in [6.45, 7) is 4.75. The van der Waals surface area contributed by atoms with Crippen molar-refractivity contribution >= 4 is 21.8 Å². The first-order chi connectivity index (χ1) is 8.06. The second-order valence-corrected chi connectivity index (χ2v) is 4.97. The number of phenolic OH excluding ortho intramolecular Hbond substituents is 1. The molecule has 0 radical (unpaired) electrons. The summed E-state index contributed by atoms with van der Waals surface area (Å²) < 4.78 is 0. The highest BCUT2D eigenvalue weighted by Gasteiger charge is 2.17. The minimum atomic E-state index is 0.0148. The molecule has 0 aromatic heterocycles. The lowest BCUT2D eigenvalue weighted by Gasteiger charge is -2.26. The number of benzene rings is 1. The topological polar surface area (TPSA) is 40.5 Å². The van der Waals surface area contributed by atoms with Gasteiger partial charge in [0.25, 0.3) is 5.91 Å². The Morgan fingerprint density at radius 1 is 1.35 bits per heavy atom. The van der Waals surface area contributed by atoms with Crippen LogP contribution >= 0.6 is 15.9 Å². The molecule has 94 valence electrons. The van der Waals surface area contributed by atoms with E-state index in [-0.39, 0.29) is 17.7 Å². The summed E-state index contributed by atoms with van der Waals surface area (Å²) in [7, 11) is 0. The van der Waals surface area contributed by atoms with Crippen LogP contribution in [0.4, 0.5) is 0 Å². The summed E-state index contributed by atoms with van der Waals surface area (Å²) >= 11 is 3.37. The smallest absolute Gasteiger partial charge is 0.254 e. The zero-order valence-corrected chi connectivity index (χ0v) is 11.8. The second kappa shape index (κ2) is 6.64. The van der Waals surface area contributed by atoms with Crippen molar-refractivity contribution in [1.82, 2.24) is 4.90 Å². The molecule has 0 saturated heterocycles. The van der Waals surface area contributed by atoms with Crippen LogP contribution in [0.2, 0.25) is 0 Å². The van der Waals surface area contributed by atoms with Crippen LogP contribution in [-0.2, 0) is 0 Å². The average Bonchev–Trinajstić information content (AvgIpc) is 2.29. The molecular formula is C13H18BrNO2. The highest BCUT2D eigenvalue weighted by molar-refractivity contribution is 9.09. The molecule has 1 N–H and O–H groups in total. The summed E-state index contributed by atoms with van der Waals surface area (Å²) in [5.41, 5.74) is 0.617. The van der Waals surface area contributed by atoms with E-state index in [1.54, 1.807) is 12.1 Å². The second-order valence-electron chi connectivity index (χ2n) is 4.18. The van der Waals surface area contributed by atoms with Gasteiger partial charge in [-0.3, -0.25) is 4.79 Å². The molecule has 0 aliphatic rings. The van der Waals surface area contributed by atoms with Gasteiger partial charge in [-0.15, -0.1) is 0 Å². The fourth-order valence-electron chi connectivity index (χ4n) is 1.59. The largest absolute Gasteiger partial charge is 0.508 e. The Balaban J connectivity index is 2.80. The van der Waals surface area contributed by atoms with Crippen molar-refractivity contribution in [3.05, 3.63) is 29.8 Å². The maximum Gasteiger partial charge on any atom is 0.254 e. The van der Waals surface area contributed by atoms with E-state index >= 15 is 0 Å². The van der Waals surface area contributed by atoms with E-state index in [1.807, 2.05) is 18.7 Å². The molecule has 0 atom stereocenters. The maximum atomic E-state index is 12.2. The number of phenols is 1. The van der Waals surface area contributed by atoms with Crippen molar-refractivity contribution in [3.8, 4) is 5.75 Å². The molecule has 0 bridgehead atoms. The first kappa shape index (κ1) is 14.0. The Hall–Kier alpha value is -1.03. The molecule has 1 aromatic rings. The number of hydrogen-bond acceptors (Lipinski definition) is 2. The molecule has 0 aliphatic carbocycles. The van der Waals surface area contributed by atoms with Crippen LogP contribution in [0.3, 0.4) is 0 Å². The average molecular weight is 300 g/mol. The van der Waals surface area contributed by atoms with Crippen LogP contribution in [0.25, 0.3) is 0 Å². The lowest BCUT2D eigenvalue weighted by molar-refractivity contribution is 0.0706. The summed E-state index contributed by atoms with van der Waals surface area (Å²) in [6.07, 6.45) is 0.933. The summed E-state index contributed by atoms with van der Waals surface area (Å²) in [5, 5.41) is 10.1. The quantitative estimate of drug-likeness (QED) is 0.849. The Labute approximate surface area is 111 Å². The Morgan fingerprint density at radius 2 is 1.94 bits per heavy atom. The lowest BCUT2D eigenvalue weighted by Crippen LogP contribution is -2.37. The van der Waals surface area contributed by atoms with Crippen LogP contribution in [0.15, 0.2) is 24.3 Å². The minimum Gasteiger partial charge on any atom is -0.508 e.